The lowest BCUT2D eigenvalue weighted by molar-refractivity contribution is 0.101. The Morgan fingerprint density at radius 2 is 1.63 bits per heavy atom. The molecule has 9 heteroatoms. The summed E-state index contributed by atoms with van der Waals surface area (Å²) in [7, 11) is 0.860. The molecule has 1 fully saturated rings. The maximum absolute atomic E-state index is 14.1. The van der Waals surface area contributed by atoms with Crippen molar-refractivity contribution in [3.63, 3.8) is 0 Å². The summed E-state index contributed by atoms with van der Waals surface area (Å²) in [6, 6.07) is 6.58. The fraction of sp³-hybridized carbons (Fsp3) is 0.278. The van der Waals surface area contributed by atoms with E-state index in [9.17, 15) is 22.4 Å². The van der Waals surface area contributed by atoms with Crippen LogP contribution < -0.4 is 15.0 Å². The minimum atomic E-state index is -1.83. The Morgan fingerprint density at radius 1 is 1.04 bits per heavy atom. The second-order valence-electron chi connectivity index (χ2n) is 5.73. The number of morpholine rings is 1. The molecule has 0 atom stereocenters. The van der Waals surface area contributed by atoms with Gasteiger partial charge in [0.25, 0.3) is 5.91 Å². The number of nitrogens with one attached hydrogen (secondary N) is 1. The number of halogens is 4. The van der Waals surface area contributed by atoms with E-state index in [2.05, 4.69) is 10.1 Å². The normalized spacial score (nSPS) is 14.2. The van der Waals surface area contributed by atoms with Gasteiger partial charge in [0.1, 0.15) is 5.56 Å². The lowest BCUT2D eigenvalue weighted by atomic mass is 10.1. The van der Waals surface area contributed by atoms with E-state index < -0.39 is 40.5 Å². The molecule has 1 heterocycles. The quantitative estimate of drug-likeness (QED) is 0.649. The van der Waals surface area contributed by atoms with Crippen LogP contribution in [0.15, 0.2) is 24.3 Å². The summed E-state index contributed by atoms with van der Waals surface area (Å²) in [6.07, 6.45) is 0. The van der Waals surface area contributed by atoms with Crippen molar-refractivity contribution < 1.29 is 31.8 Å². The van der Waals surface area contributed by atoms with Crippen LogP contribution in [0.5, 0.6) is 5.75 Å². The molecular formula is C18H16F4N2O3. The van der Waals surface area contributed by atoms with Crippen LogP contribution in [0, 0.1) is 23.3 Å². The highest BCUT2D eigenvalue weighted by Gasteiger charge is 2.30. The maximum atomic E-state index is 14.1. The first-order chi connectivity index (χ1) is 13.0. The monoisotopic (exact) mass is 384 g/mol. The van der Waals surface area contributed by atoms with E-state index in [0.717, 1.165) is 7.11 Å². The number of benzene rings is 2. The van der Waals surface area contributed by atoms with Crippen molar-refractivity contribution in [1.82, 2.24) is 0 Å². The summed E-state index contributed by atoms with van der Waals surface area (Å²) in [5.74, 6) is -9.74. The van der Waals surface area contributed by atoms with Crippen molar-refractivity contribution >= 4 is 17.3 Å². The maximum Gasteiger partial charge on any atom is 0.261 e. The number of anilines is 2. The lowest BCUT2D eigenvalue weighted by Crippen LogP contribution is -2.36. The number of methoxy groups -OCH3 is 1. The first-order valence-electron chi connectivity index (χ1n) is 8.08. The highest BCUT2D eigenvalue weighted by molar-refractivity contribution is 6.06. The van der Waals surface area contributed by atoms with Gasteiger partial charge in [0.05, 0.1) is 31.7 Å². The smallest absolute Gasteiger partial charge is 0.261 e. The van der Waals surface area contributed by atoms with Gasteiger partial charge in [-0.1, -0.05) is 12.1 Å². The van der Waals surface area contributed by atoms with E-state index in [-0.39, 0.29) is 5.69 Å². The van der Waals surface area contributed by atoms with Crippen LogP contribution in [-0.2, 0) is 4.74 Å². The van der Waals surface area contributed by atoms with E-state index in [0.29, 0.717) is 32.0 Å². The second kappa shape index (κ2) is 7.83. The summed E-state index contributed by atoms with van der Waals surface area (Å²) in [6.45, 7) is 2.09. The van der Waals surface area contributed by atoms with Crippen LogP contribution in [0.1, 0.15) is 10.4 Å². The van der Waals surface area contributed by atoms with E-state index in [1.54, 1.807) is 18.2 Å². The molecule has 0 saturated carbocycles. The minimum Gasteiger partial charge on any atom is -0.491 e. The Labute approximate surface area is 152 Å². The number of rotatable bonds is 4. The summed E-state index contributed by atoms with van der Waals surface area (Å²) in [5, 5.41) is 2.32. The molecule has 0 radical (unpaired) electrons. The van der Waals surface area contributed by atoms with Crippen molar-refractivity contribution in [2.45, 2.75) is 0 Å². The number of amides is 1. The first kappa shape index (κ1) is 19.0. The molecule has 3 rings (SSSR count). The van der Waals surface area contributed by atoms with E-state index in [4.69, 9.17) is 4.74 Å². The van der Waals surface area contributed by atoms with Gasteiger partial charge in [0.15, 0.2) is 17.4 Å². The van der Waals surface area contributed by atoms with Crippen LogP contribution in [-0.4, -0.2) is 39.3 Å². The number of hydrogen-bond donors (Lipinski definition) is 1. The van der Waals surface area contributed by atoms with Gasteiger partial charge in [-0.3, -0.25) is 4.79 Å². The lowest BCUT2D eigenvalue weighted by Gasteiger charge is -2.30. The predicted molar refractivity (Wildman–Crippen MR) is 90.3 cm³/mol. The summed E-state index contributed by atoms with van der Waals surface area (Å²) in [5.41, 5.74) is -0.508. The third kappa shape index (κ3) is 3.55. The summed E-state index contributed by atoms with van der Waals surface area (Å²) >= 11 is 0. The zero-order valence-electron chi connectivity index (χ0n) is 14.3. The molecule has 0 unspecified atom stereocenters. The van der Waals surface area contributed by atoms with E-state index in [1.807, 2.05) is 4.90 Å². The zero-order valence-corrected chi connectivity index (χ0v) is 14.3. The second-order valence-corrected chi connectivity index (χ2v) is 5.73. The molecule has 0 aromatic heterocycles. The fourth-order valence-corrected chi connectivity index (χ4v) is 2.83. The standard InChI is InChI=1S/C18H16F4N2O3/c1-26-17-15(21)13(19)12(14(20)16(17)22)18(25)23-10-4-2-3-5-11(10)24-6-8-27-9-7-24/h2-5H,6-9H2,1H3,(H,23,25). The Hall–Kier alpha value is -2.81. The first-order valence-corrected chi connectivity index (χ1v) is 8.08. The number of hydrogen-bond acceptors (Lipinski definition) is 4. The summed E-state index contributed by atoms with van der Waals surface area (Å²) in [4.78, 5) is 14.3. The molecule has 5 nitrogen and oxygen atoms in total. The Morgan fingerprint density at radius 3 is 2.22 bits per heavy atom. The number of nitrogens with zero attached hydrogens (tertiary/aromatic N) is 1. The van der Waals surface area contributed by atoms with Gasteiger partial charge < -0.3 is 19.7 Å². The van der Waals surface area contributed by atoms with Gasteiger partial charge in [-0.15, -0.1) is 0 Å². The SMILES string of the molecule is COc1c(F)c(F)c(C(=O)Nc2ccccc2N2CCOCC2)c(F)c1F. The van der Waals surface area contributed by atoms with Crippen molar-refractivity contribution in [2.75, 3.05) is 43.6 Å². The van der Waals surface area contributed by atoms with Crippen LogP contribution >= 0.6 is 0 Å². The molecule has 2 aromatic rings. The molecule has 1 saturated heterocycles. The molecule has 1 N–H and O–H groups in total. The molecule has 2 aromatic carbocycles. The molecule has 1 aliphatic heterocycles. The highest BCUT2D eigenvalue weighted by Crippen LogP contribution is 2.31. The molecule has 0 spiro atoms. The van der Waals surface area contributed by atoms with Crippen molar-refractivity contribution in [2.24, 2.45) is 0 Å². The zero-order chi connectivity index (χ0) is 19.6. The Kier molecular flexibility index (Phi) is 5.50. The summed E-state index contributed by atoms with van der Waals surface area (Å²) < 4.78 is 65.6. The van der Waals surface area contributed by atoms with Gasteiger partial charge in [-0.25, -0.2) is 8.78 Å². The van der Waals surface area contributed by atoms with Crippen molar-refractivity contribution in [1.29, 1.82) is 0 Å². The van der Waals surface area contributed by atoms with E-state index in [1.165, 1.54) is 6.07 Å². The van der Waals surface area contributed by atoms with Gasteiger partial charge >= 0.3 is 0 Å². The third-order valence-corrected chi connectivity index (χ3v) is 4.16. The van der Waals surface area contributed by atoms with Gasteiger partial charge in [-0.05, 0) is 12.1 Å². The molecule has 0 aliphatic carbocycles. The number of carbonyl (C=O) groups is 1. The van der Waals surface area contributed by atoms with Gasteiger partial charge in [-0.2, -0.15) is 8.78 Å². The van der Waals surface area contributed by atoms with Crippen molar-refractivity contribution in [3.8, 4) is 5.75 Å². The largest absolute Gasteiger partial charge is 0.491 e. The number of para-hydroxylation sites is 2. The van der Waals surface area contributed by atoms with Gasteiger partial charge in [0, 0.05) is 13.1 Å². The Balaban J connectivity index is 1.96. The van der Waals surface area contributed by atoms with Crippen LogP contribution in [0.2, 0.25) is 0 Å². The Bertz CT molecular complexity index is 841. The molecule has 27 heavy (non-hydrogen) atoms. The molecule has 1 amide bonds. The van der Waals surface area contributed by atoms with Crippen molar-refractivity contribution in [3.05, 3.63) is 53.1 Å². The molecule has 144 valence electrons. The third-order valence-electron chi connectivity index (χ3n) is 4.16. The molecular weight excluding hydrogens is 368 g/mol. The van der Waals surface area contributed by atoms with Crippen LogP contribution in [0.4, 0.5) is 28.9 Å². The van der Waals surface area contributed by atoms with Crippen LogP contribution in [0.25, 0.3) is 0 Å². The number of carbonyl (C=O) groups excluding carboxylic acids is 1. The van der Waals surface area contributed by atoms with Gasteiger partial charge in [0.2, 0.25) is 11.6 Å². The molecule has 1 aliphatic rings. The minimum absolute atomic E-state index is 0.250. The average molecular weight is 384 g/mol. The molecule has 0 bridgehead atoms. The van der Waals surface area contributed by atoms with Crippen LogP contribution in [0.3, 0.4) is 0 Å². The average Bonchev–Trinajstić information content (AvgIpc) is 2.68. The highest BCUT2D eigenvalue weighted by atomic mass is 19.2. The van der Waals surface area contributed by atoms with E-state index >= 15 is 0 Å². The topological polar surface area (TPSA) is 50.8 Å². The number of ether oxygens (including phenoxy) is 2. The predicted octanol–water partition coefficient (Wildman–Crippen LogP) is 3.34. The fourth-order valence-electron chi connectivity index (χ4n) is 2.83.